The van der Waals surface area contributed by atoms with Crippen LogP contribution in [0, 0.1) is 0 Å². The third kappa shape index (κ3) is 2.11. The minimum Gasteiger partial charge on any atom is -0.327 e. The molecule has 0 spiro atoms. The Balaban J connectivity index is 2.19. The van der Waals surface area contributed by atoms with Crippen LogP contribution in [0.15, 0.2) is 17.1 Å². The van der Waals surface area contributed by atoms with Crippen LogP contribution in [0.5, 0.6) is 0 Å². The molecule has 0 atom stereocenters. The zero-order chi connectivity index (χ0) is 11.5. The molecule has 86 valence electrons. The van der Waals surface area contributed by atoms with Crippen LogP contribution in [0.1, 0.15) is 6.42 Å². The highest BCUT2D eigenvalue weighted by Gasteiger charge is 2.06. The first-order valence-electron chi connectivity index (χ1n) is 5.24. The minimum absolute atomic E-state index is 0.184. The molecule has 0 fully saturated rings. The second-order valence-electron chi connectivity index (χ2n) is 4.01. The molecule has 6 nitrogen and oxygen atoms in total. The van der Waals surface area contributed by atoms with Crippen molar-refractivity contribution in [2.45, 2.75) is 13.0 Å². The van der Waals surface area contributed by atoms with Gasteiger partial charge in [-0.25, -0.2) is 4.68 Å². The number of rotatable bonds is 4. The van der Waals surface area contributed by atoms with Gasteiger partial charge in [0.25, 0.3) is 5.56 Å². The van der Waals surface area contributed by atoms with Crippen LogP contribution < -0.4 is 5.56 Å². The Bertz CT molecular complexity index is 527. The van der Waals surface area contributed by atoms with Crippen molar-refractivity contribution in [3.63, 3.8) is 0 Å². The largest absolute Gasteiger partial charge is 0.327 e. The van der Waals surface area contributed by atoms with Crippen LogP contribution in [0.2, 0.25) is 0 Å². The summed E-state index contributed by atoms with van der Waals surface area (Å²) in [5, 5.41) is 7.85. The molecule has 16 heavy (non-hydrogen) atoms. The van der Waals surface area contributed by atoms with Crippen LogP contribution in [-0.4, -0.2) is 45.5 Å². The molecule has 0 aliphatic carbocycles. The highest BCUT2D eigenvalue weighted by molar-refractivity contribution is 5.72. The number of pyridine rings is 1. The summed E-state index contributed by atoms with van der Waals surface area (Å²) >= 11 is 0. The van der Waals surface area contributed by atoms with E-state index in [0.29, 0.717) is 5.52 Å². The van der Waals surface area contributed by atoms with E-state index in [1.807, 2.05) is 20.2 Å². The van der Waals surface area contributed by atoms with E-state index < -0.39 is 0 Å². The normalized spacial score (nSPS) is 11.4. The fraction of sp³-hybridized carbons (Fsp3) is 0.500. The van der Waals surface area contributed by atoms with Gasteiger partial charge in [0.15, 0.2) is 5.52 Å². The first-order chi connectivity index (χ1) is 7.68. The van der Waals surface area contributed by atoms with Gasteiger partial charge in [0, 0.05) is 12.7 Å². The molecule has 0 aliphatic rings. The van der Waals surface area contributed by atoms with Crippen molar-refractivity contribution < 1.29 is 0 Å². The van der Waals surface area contributed by atoms with Crippen molar-refractivity contribution in [2.75, 3.05) is 20.6 Å². The third-order valence-electron chi connectivity index (χ3n) is 2.42. The van der Waals surface area contributed by atoms with Crippen LogP contribution in [0.25, 0.3) is 11.0 Å². The van der Waals surface area contributed by atoms with Crippen molar-refractivity contribution in [3.05, 3.63) is 22.6 Å². The molecule has 0 bridgehead atoms. The van der Waals surface area contributed by atoms with Crippen molar-refractivity contribution >= 4 is 11.0 Å². The Morgan fingerprint density at radius 1 is 1.50 bits per heavy atom. The van der Waals surface area contributed by atoms with E-state index in [4.69, 9.17) is 0 Å². The summed E-state index contributed by atoms with van der Waals surface area (Å²) in [7, 11) is 4.06. The molecular weight excluding hydrogens is 206 g/mol. The van der Waals surface area contributed by atoms with Crippen LogP contribution in [0.3, 0.4) is 0 Å². The zero-order valence-electron chi connectivity index (χ0n) is 9.47. The van der Waals surface area contributed by atoms with E-state index in [9.17, 15) is 4.79 Å². The minimum atomic E-state index is -0.184. The highest BCUT2D eigenvalue weighted by Crippen LogP contribution is 2.05. The predicted molar refractivity (Wildman–Crippen MR) is 61.3 cm³/mol. The maximum absolute atomic E-state index is 11.4. The lowest BCUT2D eigenvalue weighted by Crippen LogP contribution is -2.15. The van der Waals surface area contributed by atoms with E-state index in [2.05, 4.69) is 20.2 Å². The summed E-state index contributed by atoms with van der Waals surface area (Å²) < 4.78 is 1.77. The van der Waals surface area contributed by atoms with Crippen molar-refractivity contribution in [1.29, 1.82) is 0 Å². The molecule has 1 N–H and O–H groups in total. The van der Waals surface area contributed by atoms with Gasteiger partial charge < -0.3 is 9.88 Å². The second kappa shape index (κ2) is 4.44. The van der Waals surface area contributed by atoms with Crippen molar-refractivity contribution in [2.24, 2.45) is 0 Å². The molecule has 0 unspecified atom stereocenters. The smallest absolute Gasteiger partial charge is 0.278 e. The number of nitrogens with zero attached hydrogens (tertiary/aromatic N) is 4. The molecule has 0 radical (unpaired) electrons. The van der Waals surface area contributed by atoms with Crippen LogP contribution >= 0.6 is 0 Å². The highest BCUT2D eigenvalue weighted by atomic mass is 16.1. The number of hydrogen-bond donors (Lipinski definition) is 1. The van der Waals surface area contributed by atoms with Gasteiger partial charge in [0.05, 0.1) is 5.52 Å². The third-order valence-corrected chi connectivity index (χ3v) is 2.42. The summed E-state index contributed by atoms with van der Waals surface area (Å²) in [4.78, 5) is 16.1. The Kier molecular flexibility index (Phi) is 3.00. The molecule has 2 aromatic heterocycles. The van der Waals surface area contributed by atoms with E-state index in [1.165, 1.54) is 0 Å². The standard InChI is InChI=1S/C10H15N5O/c1-14(2)6-3-7-15-8-4-5-11-10(16)9(8)12-13-15/h4-5H,3,6-7H2,1-2H3,(H,11,16). The van der Waals surface area contributed by atoms with E-state index >= 15 is 0 Å². The van der Waals surface area contributed by atoms with Gasteiger partial charge in [0.2, 0.25) is 0 Å². The average Bonchev–Trinajstić information content (AvgIpc) is 2.63. The Hall–Kier alpha value is -1.69. The monoisotopic (exact) mass is 221 g/mol. The molecule has 0 amide bonds. The SMILES string of the molecule is CN(C)CCCn1nnc2c(=O)[nH]ccc21. The number of aromatic amines is 1. The molecule has 2 aromatic rings. The molecule has 0 saturated carbocycles. The fourth-order valence-corrected chi connectivity index (χ4v) is 1.61. The summed E-state index contributed by atoms with van der Waals surface area (Å²) in [5.74, 6) is 0. The molecule has 2 rings (SSSR count). The summed E-state index contributed by atoms with van der Waals surface area (Å²) in [6.45, 7) is 1.77. The van der Waals surface area contributed by atoms with E-state index in [0.717, 1.165) is 25.0 Å². The quantitative estimate of drug-likeness (QED) is 0.793. The number of hydrogen-bond acceptors (Lipinski definition) is 4. The van der Waals surface area contributed by atoms with Gasteiger partial charge in [0.1, 0.15) is 0 Å². The van der Waals surface area contributed by atoms with Gasteiger partial charge >= 0.3 is 0 Å². The maximum Gasteiger partial charge on any atom is 0.278 e. The van der Waals surface area contributed by atoms with Crippen LogP contribution in [0.4, 0.5) is 0 Å². The molecular formula is C10H15N5O. The van der Waals surface area contributed by atoms with Crippen molar-refractivity contribution in [1.82, 2.24) is 24.9 Å². The Morgan fingerprint density at radius 3 is 3.06 bits per heavy atom. The van der Waals surface area contributed by atoms with Gasteiger partial charge in [-0.2, -0.15) is 0 Å². The van der Waals surface area contributed by atoms with Gasteiger partial charge in [-0.05, 0) is 33.1 Å². The lowest BCUT2D eigenvalue weighted by atomic mass is 10.3. The first-order valence-corrected chi connectivity index (χ1v) is 5.24. The second-order valence-corrected chi connectivity index (χ2v) is 4.01. The molecule has 2 heterocycles. The Labute approximate surface area is 92.9 Å². The molecule has 0 aromatic carbocycles. The summed E-state index contributed by atoms with van der Waals surface area (Å²) in [6, 6.07) is 1.83. The molecule has 0 saturated heterocycles. The Morgan fingerprint density at radius 2 is 2.31 bits per heavy atom. The predicted octanol–water partition coefficient (Wildman–Crippen LogP) is 0.0713. The number of nitrogens with one attached hydrogen (secondary N) is 1. The number of fused-ring (bicyclic) bond motifs is 1. The number of H-pyrrole nitrogens is 1. The summed E-state index contributed by atoms with van der Waals surface area (Å²) in [6.07, 6.45) is 2.61. The average molecular weight is 221 g/mol. The lowest BCUT2D eigenvalue weighted by molar-refractivity contribution is 0.381. The van der Waals surface area contributed by atoms with Gasteiger partial charge in [-0.1, -0.05) is 5.21 Å². The van der Waals surface area contributed by atoms with Gasteiger partial charge in [-0.15, -0.1) is 5.10 Å². The van der Waals surface area contributed by atoms with Gasteiger partial charge in [-0.3, -0.25) is 4.79 Å². The zero-order valence-corrected chi connectivity index (χ0v) is 9.47. The molecule has 6 heteroatoms. The fourth-order valence-electron chi connectivity index (χ4n) is 1.61. The summed E-state index contributed by atoms with van der Waals surface area (Å²) in [5.41, 5.74) is 1.02. The topological polar surface area (TPSA) is 66.8 Å². The van der Waals surface area contributed by atoms with E-state index in [1.54, 1.807) is 10.9 Å². The van der Waals surface area contributed by atoms with Crippen LogP contribution in [-0.2, 0) is 6.54 Å². The van der Waals surface area contributed by atoms with E-state index in [-0.39, 0.29) is 5.56 Å². The first kappa shape index (κ1) is 10.8. The maximum atomic E-state index is 11.4. The number of aromatic nitrogens is 4. The lowest BCUT2D eigenvalue weighted by Gasteiger charge is -2.08. The van der Waals surface area contributed by atoms with Crippen molar-refractivity contribution in [3.8, 4) is 0 Å². The number of aryl methyl sites for hydroxylation is 1. The molecule has 0 aliphatic heterocycles.